The molecular weight excluding hydrogens is 442 g/mol. The van der Waals surface area contributed by atoms with Crippen LogP contribution in [0.5, 0.6) is 0 Å². The number of ketones is 1. The van der Waals surface area contributed by atoms with E-state index in [2.05, 4.69) is 44.0 Å². The number of aryl methyl sites for hydroxylation is 1. The maximum atomic E-state index is 13.4. The fraction of sp³-hybridized carbons (Fsp3) is 0.500. The first-order valence-corrected chi connectivity index (χ1v) is 12.4. The first kappa shape index (κ1) is 23.4. The third-order valence-electron chi connectivity index (χ3n) is 7.57. The van der Waals surface area contributed by atoms with Crippen molar-refractivity contribution in [3.8, 4) is 0 Å². The number of hydrogen-bond donors (Lipinski definition) is 1. The van der Waals surface area contributed by atoms with Gasteiger partial charge in [-0.1, -0.05) is 12.8 Å². The largest absolute Gasteiger partial charge is 0.352 e. The molecule has 1 saturated carbocycles. The highest BCUT2D eigenvalue weighted by molar-refractivity contribution is 6.00. The summed E-state index contributed by atoms with van der Waals surface area (Å²) in [7, 11) is 2.14. The molecule has 4 heterocycles. The van der Waals surface area contributed by atoms with Crippen LogP contribution in [-0.2, 0) is 0 Å². The number of hydrogen-bond acceptors (Lipinski definition) is 8. The van der Waals surface area contributed by atoms with Gasteiger partial charge >= 0.3 is 0 Å². The van der Waals surface area contributed by atoms with Crippen LogP contribution >= 0.6 is 0 Å². The predicted molar refractivity (Wildman–Crippen MR) is 138 cm³/mol. The molecule has 0 bridgehead atoms. The third kappa shape index (κ3) is 4.40. The molecule has 2 aliphatic rings. The molecule has 3 aromatic heterocycles. The number of carbonyl (C=O) groups is 1. The van der Waals surface area contributed by atoms with Gasteiger partial charge in [-0.25, -0.2) is 15.0 Å². The lowest BCUT2D eigenvalue weighted by molar-refractivity contribution is 0.101. The fourth-order valence-corrected chi connectivity index (χ4v) is 5.40. The predicted octanol–water partition coefficient (Wildman–Crippen LogP) is 3.70. The SMILES string of the molecule is CC(=O)c1c(C)c2cnc(Nc3cnc(N4CCN(C)[C@@H](C)C4)cn3)cc2n(C2CCCC2)c1=O. The van der Waals surface area contributed by atoms with E-state index < -0.39 is 0 Å². The first-order valence-electron chi connectivity index (χ1n) is 12.4. The topological polar surface area (TPSA) is 96.2 Å². The van der Waals surface area contributed by atoms with Crippen LogP contribution in [0.15, 0.2) is 29.5 Å². The van der Waals surface area contributed by atoms with Gasteiger partial charge < -0.3 is 19.7 Å². The lowest BCUT2D eigenvalue weighted by Gasteiger charge is -2.38. The second-order valence-electron chi connectivity index (χ2n) is 9.92. The summed E-state index contributed by atoms with van der Waals surface area (Å²) in [4.78, 5) is 44.1. The molecule has 3 aromatic rings. The van der Waals surface area contributed by atoms with Crippen molar-refractivity contribution >= 4 is 34.1 Å². The summed E-state index contributed by atoms with van der Waals surface area (Å²) in [5, 5.41) is 4.07. The Morgan fingerprint density at radius 2 is 1.80 bits per heavy atom. The number of piperazine rings is 1. The van der Waals surface area contributed by atoms with Crippen LogP contribution in [0.2, 0.25) is 0 Å². The van der Waals surface area contributed by atoms with Crippen LogP contribution in [0.3, 0.4) is 0 Å². The normalized spacial score (nSPS) is 19.4. The van der Waals surface area contributed by atoms with Gasteiger partial charge in [0.25, 0.3) is 5.56 Å². The molecule has 0 amide bonds. The number of Topliss-reactive ketones (excluding diaryl/α,β-unsaturated/α-hetero) is 1. The molecule has 1 saturated heterocycles. The number of fused-ring (bicyclic) bond motifs is 1. The van der Waals surface area contributed by atoms with Crippen molar-refractivity contribution in [2.45, 2.75) is 58.5 Å². The van der Waals surface area contributed by atoms with E-state index in [0.29, 0.717) is 23.2 Å². The van der Waals surface area contributed by atoms with Gasteiger partial charge in [-0.05, 0) is 46.2 Å². The lowest BCUT2D eigenvalue weighted by Crippen LogP contribution is -2.50. The standard InChI is InChI=1S/C26H33N7O2/c1-16-15-32(10-9-31(16)4)24-14-28-23(13-29-24)30-22-11-21-20(12-27-22)17(2)25(18(3)34)26(35)33(21)19-7-5-6-8-19/h11-14,16,19H,5-10,15H2,1-4H3,(H,27,28,30)/t16-/m0/s1. The highest BCUT2D eigenvalue weighted by Crippen LogP contribution is 2.33. The van der Waals surface area contributed by atoms with Gasteiger partial charge in [0.1, 0.15) is 17.5 Å². The smallest absolute Gasteiger partial charge is 0.262 e. The number of pyridine rings is 2. The summed E-state index contributed by atoms with van der Waals surface area (Å²) in [6.07, 6.45) is 9.32. The Hall–Kier alpha value is -3.33. The Morgan fingerprint density at radius 3 is 2.46 bits per heavy atom. The highest BCUT2D eigenvalue weighted by Gasteiger charge is 2.25. The van der Waals surface area contributed by atoms with Gasteiger partial charge in [0.2, 0.25) is 0 Å². The van der Waals surface area contributed by atoms with E-state index in [4.69, 9.17) is 0 Å². The Kier molecular flexibility index (Phi) is 6.27. The molecule has 2 fully saturated rings. The Morgan fingerprint density at radius 1 is 1.06 bits per heavy atom. The molecule has 1 atom stereocenters. The minimum Gasteiger partial charge on any atom is -0.352 e. The monoisotopic (exact) mass is 475 g/mol. The van der Waals surface area contributed by atoms with Crippen molar-refractivity contribution in [2.24, 2.45) is 0 Å². The maximum Gasteiger partial charge on any atom is 0.262 e. The van der Waals surface area contributed by atoms with Crippen molar-refractivity contribution < 1.29 is 4.79 Å². The average molecular weight is 476 g/mol. The Balaban J connectivity index is 1.47. The van der Waals surface area contributed by atoms with Crippen LogP contribution < -0.4 is 15.8 Å². The average Bonchev–Trinajstić information content (AvgIpc) is 3.35. The molecule has 0 aromatic carbocycles. The van der Waals surface area contributed by atoms with Crippen LogP contribution in [0.4, 0.5) is 17.5 Å². The quantitative estimate of drug-likeness (QED) is 0.558. The van der Waals surface area contributed by atoms with Crippen LogP contribution in [0, 0.1) is 6.92 Å². The number of rotatable bonds is 5. The number of likely N-dealkylation sites (N-methyl/N-ethyl adjacent to an activating group) is 1. The molecule has 1 aliphatic carbocycles. The highest BCUT2D eigenvalue weighted by atomic mass is 16.1. The molecule has 9 heteroatoms. The Labute approximate surface area is 205 Å². The second-order valence-corrected chi connectivity index (χ2v) is 9.92. The van der Waals surface area contributed by atoms with E-state index >= 15 is 0 Å². The third-order valence-corrected chi connectivity index (χ3v) is 7.57. The molecule has 1 aliphatic heterocycles. The van der Waals surface area contributed by atoms with Gasteiger partial charge in [0.05, 0.1) is 23.5 Å². The number of aromatic nitrogens is 4. The summed E-state index contributed by atoms with van der Waals surface area (Å²) >= 11 is 0. The van der Waals surface area contributed by atoms with Crippen molar-refractivity contribution in [1.82, 2.24) is 24.4 Å². The Bertz CT molecular complexity index is 1310. The summed E-state index contributed by atoms with van der Waals surface area (Å²) in [5.74, 6) is 1.85. The minimum atomic E-state index is -0.201. The van der Waals surface area contributed by atoms with Gasteiger partial charge in [-0.15, -0.1) is 0 Å². The summed E-state index contributed by atoms with van der Waals surface area (Å²) in [5.41, 5.74) is 1.57. The lowest BCUT2D eigenvalue weighted by atomic mass is 10.0. The van der Waals surface area contributed by atoms with Crippen molar-refractivity contribution in [3.05, 3.63) is 46.1 Å². The van der Waals surface area contributed by atoms with Gasteiger partial charge in [-0.3, -0.25) is 9.59 Å². The zero-order valence-electron chi connectivity index (χ0n) is 20.9. The number of anilines is 3. The molecule has 0 unspecified atom stereocenters. The van der Waals surface area contributed by atoms with Crippen molar-refractivity contribution in [3.63, 3.8) is 0 Å². The summed E-state index contributed by atoms with van der Waals surface area (Å²) < 4.78 is 1.82. The second kappa shape index (κ2) is 9.37. The molecule has 0 spiro atoms. The van der Waals surface area contributed by atoms with Gasteiger partial charge in [0.15, 0.2) is 5.78 Å². The zero-order valence-corrected chi connectivity index (χ0v) is 20.9. The van der Waals surface area contributed by atoms with E-state index in [0.717, 1.165) is 62.0 Å². The minimum absolute atomic E-state index is 0.101. The zero-order chi connectivity index (χ0) is 24.7. The molecule has 5 rings (SSSR count). The van der Waals surface area contributed by atoms with Crippen molar-refractivity contribution in [2.75, 3.05) is 36.9 Å². The fourth-order valence-electron chi connectivity index (χ4n) is 5.40. The van der Waals surface area contributed by atoms with Crippen LogP contribution in [-0.4, -0.2) is 62.9 Å². The molecular formula is C26H33N7O2. The van der Waals surface area contributed by atoms with Crippen molar-refractivity contribution in [1.29, 1.82) is 0 Å². The van der Waals surface area contributed by atoms with E-state index in [1.165, 1.54) is 6.92 Å². The molecule has 9 nitrogen and oxygen atoms in total. The number of nitrogens with one attached hydrogen (secondary N) is 1. The summed E-state index contributed by atoms with van der Waals surface area (Å²) in [6, 6.07) is 2.46. The van der Waals surface area contributed by atoms with Gasteiger partial charge in [0, 0.05) is 49.4 Å². The molecule has 35 heavy (non-hydrogen) atoms. The molecule has 1 N–H and O–H groups in total. The molecule has 0 radical (unpaired) electrons. The number of nitrogens with zero attached hydrogens (tertiary/aromatic N) is 6. The van der Waals surface area contributed by atoms with Gasteiger partial charge in [-0.2, -0.15) is 0 Å². The molecule has 184 valence electrons. The maximum absolute atomic E-state index is 13.4. The van der Waals surface area contributed by atoms with E-state index in [9.17, 15) is 9.59 Å². The van der Waals surface area contributed by atoms with E-state index in [-0.39, 0.29) is 22.9 Å². The number of carbonyl (C=O) groups excluding carboxylic acids is 1. The van der Waals surface area contributed by atoms with Crippen LogP contribution in [0.25, 0.3) is 10.9 Å². The van der Waals surface area contributed by atoms with E-state index in [1.807, 2.05) is 17.6 Å². The summed E-state index contributed by atoms with van der Waals surface area (Å²) in [6.45, 7) is 8.35. The van der Waals surface area contributed by atoms with Crippen LogP contribution in [0.1, 0.15) is 61.5 Å². The van der Waals surface area contributed by atoms with E-state index in [1.54, 1.807) is 18.6 Å². The first-order chi connectivity index (χ1) is 16.8.